The van der Waals surface area contributed by atoms with E-state index in [9.17, 15) is 19.6 Å². The van der Waals surface area contributed by atoms with Gasteiger partial charge in [-0.2, -0.15) is 5.26 Å². The Kier molecular flexibility index (Phi) is 12.6. The number of carbonyl (C=O) groups excluding carboxylic acids is 2. The van der Waals surface area contributed by atoms with Gasteiger partial charge in [-0.3, -0.25) is 9.59 Å². The number of hydrogen-bond acceptors (Lipinski definition) is 7. The first kappa shape index (κ1) is 43.0. The van der Waals surface area contributed by atoms with Crippen LogP contribution in [0.4, 0.5) is 22.7 Å². The summed E-state index contributed by atoms with van der Waals surface area (Å²) in [4.78, 5) is 40.6. The first-order chi connectivity index (χ1) is 29.9. The first-order valence-electron chi connectivity index (χ1n) is 19.8. The molecular weight excluding hydrogens is 817 g/mol. The van der Waals surface area contributed by atoms with Gasteiger partial charge in [0.15, 0.2) is 9.76 Å². The van der Waals surface area contributed by atoms with E-state index in [1.807, 2.05) is 172 Å². The van der Waals surface area contributed by atoms with Gasteiger partial charge in [-0.1, -0.05) is 127 Å². The molecular formula is C51H43Cl2N5O4. The fourth-order valence-corrected chi connectivity index (χ4v) is 8.41. The summed E-state index contributed by atoms with van der Waals surface area (Å²) in [5, 5.41) is 14.0. The summed E-state index contributed by atoms with van der Waals surface area (Å²) in [7, 11) is 5.97. The maximum Gasteiger partial charge on any atom is 0.333 e. The van der Waals surface area contributed by atoms with E-state index in [1.54, 1.807) is 6.92 Å². The number of hydrogen-bond donors (Lipinski definition) is 1. The Bertz CT molecular complexity index is 2860. The minimum atomic E-state index is -0.973. The number of halogens is 2. The molecule has 0 atom stereocenters. The van der Waals surface area contributed by atoms with Crippen LogP contribution in [0.2, 0.25) is 0 Å². The lowest BCUT2D eigenvalue weighted by Crippen LogP contribution is -2.30. The Morgan fingerprint density at radius 1 is 0.677 bits per heavy atom. The highest BCUT2D eigenvalue weighted by Crippen LogP contribution is 2.53. The lowest BCUT2D eigenvalue weighted by molar-refractivity contribution is -0.139. The third-order valence-corrected chi connectivity index (χ3v) is 11.7. The molecule has 2 aliphatic heterocycles. The third-order valence-electron chi connectivity index (χ3n) is 10.9. The zero-order chi connectivity index (χ0) is 44.1. The van der Waals surface area contributed by atoms with Crippen LogP contribution in [-0.2, 0) is 25.7 Å². The topological polar surface area (TPSA) is 108 Å². The number of benzene rings is 6. The summed E-state index contributed by atoms with van der Waals surface area (Å²) in [5.41, 5.74) is 10.4. The molecule has 0 aliphatic carbocycles. The van der Waals surface area contributed by atoms with E-state index in [0.29, 0.717) is 5.57 Å². The minimum absolute atomic E-state index is 0.00138. The van der Waals surface area contributed by atoms with E-state index in [2.05, 4.69) is 27.4 Å². The number of nitriles is 1. The summed E-state index contributed by atoms with van der Waals surface area (Å²) >= 11 is 13.1. The maximum atomic E-state index is 12.8. The average molecular weight is 861 g/mol. The van der Waals surface area contributed by atoms with Crippen LogP contribution in [0, 0.1) is 11.3 Å². The van der Waals surface area contributed by atoms with Gasteiger partial charge in [-0.25, -0.2) is 4.79 Å². The van der Waals surface area contributed by atoms with E-state index in [1.165, 1.54) is 0 Å². The molecule has 0 saturated heterocycles. The fraction of sp³-hybridized carbons (Fsp3) is 0.137. The molecule has 1 amide bonds. The predicted octanol–water partition coefficient (Wildman–Crippen LogP) is 10.5. The molecule has 6 aromatic carbocycles. The third kappa shape index (κ3) is 8.18. The number of aromatic nitrogens is 1. The number of fused-ring (bicyclic) bond motifs is 6. The second-order valence-electron chi connectivity index (χ2n) is 14.7. The van der Waals surface area contributed by atoms with Crippen LogP contribution in [-0.4, -0.2) is 43.7 Å². The van der Waals surface area contributed by atoms with Gasteiger partial charge in [0, 0.05) is 88.1 Å². The Morgan fingerprint density at radius 2 is 1.10 bits per heavy atom. The zero-order valence-corrected chi connectivity index (χ0v) is 36.2. The van der Waals surface area contributed by atoms with Crippen molar-refractivity contribution in [2.75, 3.05) is 37.0 Å². The summed E-state index contributed by atoms with van der Waals surface area (Å²) in [6.45, 7) is 5.15. The summed E-state index contributed by atoms with van der Waals surface area (Å²) in [6.07, 6.45) is 0. The van der Waals surface area contributed by atoms with Crippen molar-refractivity contribution in [2.24, 2.45) is 7.05 Å². The quantitative estimate of drug-likeness (QED) is 0.0459. The average Bonchev–Trinajstić information content (AvgIpc) is 3.30. The van der Waals surface area contributed by atoms with Crippen molar-refractivity contribution in [2.45, 2.75) is 11.3 Å². The molecule has 7 aromatic rings. The second kappa shape index (κ2) is 18.2. The van der Waals surface area contributed by atoms with Gasteiger partial charge in [0.2, 0.25) is 0 Å². The molecule has 0 unspecified atom stereocenters. The molecule has 0 fully saturated rings. The lowest BCUT2D eigenvalue weighted by Gasteiger charge is -2.37. The fourth-order valence-electron chi connectivity index (χ4n) is 7.77. The van der Waals surface area contributed by atoms with Crippen molar-refractivity contribution in [3.05, 3.63) is 196 Å². The molecule has 2 aliphatic rings. The normalized spacial score (nSPS) is 12.8. The van der Waals surface area contributed by atoms with Crippen LogP contribution in [0.25, 0.3) is 27.4 Å². The van der Waals surface area contributed by atoms with Crippen LogP contribution in [0.1, 0.15) is 29.2 Å². The van der Waals surface area contributed by atoms with Crippen molar-refractivity contribution in [3.8, 4) is 6.07 Å². The largest absolute Gasteiger partial charge is 0.460 e. The number of esters is 1. The minimum Gasteiger partial charge on any atom is -0.460 e. The van der Waals surface area contributed by atoms with Crippen LogP contribution in [0.15, 0.2) is 168 Å². The molecule has 0 saturated carbocycles. The van der Waals surface area contributed by atoms with Gasteiger partial charge < -0.3 is 24.4 Å². The van der Waals surface area contributed by atoms with E-state index in [4.69, 9.17) is 27.9 Å². The van der Waals surface area contributed by atoms with Crippen LogP contribution < -0.4 is 20.5 Å². The smallest absolute Gasteiger partial charge is 0.333 e. The van der Waals surface area contributed by atoms with Crippen molar-refractivity contribution in [1.29, 1.82) is 5.26 Å². The molecule has 11 heteroatoms. The number of nitrogens with zero attached hydrogens (tertiary/aromatic N) is 4. The number of amides is 1. The molecule has 9 nitrogen and oxygen atoms in total. The number of ether oxygens (including phenoxy) is 1. The number of para-hydroxylation sites is 6. The molecule has 310 valence electrons. The Hall–Kier alpha value is -7.12. The maximum absolute atomic E-state index is 12.8. The van der Waals surface area contributed by atoms with Gasteiger partial charge in [0.25, 0.3) is 5.91 Å². The molecule has 62 heavy (non-hydrogen) atoms. The number of rotatable bonds is 5. The summed E-state index contributed by atoms with van der Waals surface area (Å²) < 4.78 is 6.07. The summed E-state index contributed by atoms with van der Waals surface area (Å²) in [5.74, 6) is -1.03. The van der Waals surface area contributed by atoms with E-state index < -0.39 is 16.2 Å². The van der Waals surface area contributed by atoms with Crippen LogP contribution in [0.5, 0.6) is 0 Å². The number of anilines is 4. The number of alkyl halides is 2. The second-order valence-corrected chi connectivity index (χ2v) is 16.0. The molecule has 0 spiro atoms. The lowest BCUT2D eigenvalue weighted by atomic mass is 9.87. The molecule has 1 aromatic heterocycles. The highest BCUT2D eigenvalue weighted by atomic mass is 35.5. The molecule has 9 rings (SSSR count). The first-order valence-corrected chi connectivity index (χ1v) is 20.6. The Balaban J connectivity index is 0.000000149. The monoisotopic (exact) mass is 859 g/mol. The van der Waals surface area contributed by atoms with Crippen molar-refractivity contribution >= 4 is 85.2 Å². The van der Waals surface area contributed by atoms with Crippen molar-refractivity contribution in [3.63, 3.8) is 0 Å². The standard InChI is InChI=1S/C23H21N3O3.C14H11Cl2N.C14H11NO/c1-15(2)23(28)29-13-12-25-22(27)18(14-24)21-16-8-4-6-10-19(16)26(3)20-11-7-5-9-17(20)21;1-17-12-8-4-2-6-10(12)14(15,16)11-7-3-5-9-13(11)17;1-15-12-8-4-2-6-10(12)14(16)11-7-3-5-9-13(11)15/h4-11H,1,12-13H2,2-3H3,(H,25,27);2-9H,1H3;2-9H,1H3. The zero-order valence-electron chi connectivity index (χ0n) is 34.7. The van der Waals surface area contributed by atoms with Crippen molar-refractivity contribution in [1.82, 2.24) is 9.88 Å². The Labute approximate surface area is 370 Å². The van der Waals surface area contributed by atoms with Gasteiger partial charge in [-0.15, -0.1) is 0 Å². The van der Waals surface area contributed by atoms with Gasteiger partial charge >= 0.3 is 5.97 Å². The van der Waals surface area contributed by atoms with E-state index in [0.717, 1.165) is 66.8 Å². The van der Waals surface area contributed by atoms with Gasteiger partial charge in [-0.05, 0) is 55.5 Å². The number of carbonyl (C=O) groups is 2. The summed E-state index contributed by atoms with van der Waals surface area (Å²) in [6, 6.07) is 48.7. The highest BCUT2D eigenvalue weighted by molar-refractivity contribution is 6.51. The van der Waals surface area contributed by atoms with E-state index in [-0.39, 0.29) is 29.7 Å². The Morgan fingerprint density at radius 3 is 1.58 bits per heavy atom. The molecule has 3 heterocycles. The predicted molar refractivity (Wildman–Crippen MR) is 251 cm³/mol. The van der Waals surface area contributed by atoms with Gasteiger partial charge in [0.05, 0.1) is 17.6 Å². The van der Waals surface area contributed by atoms with Crippen LogP contribution >= 0.6 is 23.2 Å². The van der Waals surface area contributed by atoms with E-state index >= 15 is 0 Å². The number of nitrogens with one attached hydrogen (secondary N) is 1. The van der Waals surface area contributed by atoms with Crippen molar-refractivity contribution < 1.29 is 14.3 Å². The molecule has 0 radical (unpaired) electrons. The number of pyridine rings is 1. The SMILES string of the molecule is C=C(C)C(=O)OCCNC(=O)C(C#N)=C1c2ccccc2N(C)c2ccccc21.CN1c2ccccc2C(Cl)(Cl)c2ccccc21.Cn1c2ccccc2c(=O)c2ccccc21. The van der Waals surface area contributed by atoms with Gasteiger partial charge in [0.1, 0.15) is 18.2 Å². The highest BCUT2D eigenvalue weighted by Gasteiger charge is 2.39. The number of aryl methyl sites for hydroxylation is 1. The molecule has 1 N–H and O–H groups in total. The van der Waals surface area contributed by atoms with Crippen LogP contribution in [0.3, 0.4) is 0 Å². The molecule has 0 bridgehead atoms.